The molecular weight excluding hydrogens is 958 g/mol. The maximum absolute atomic E-state index is 14.7. The number of hydrogen-bond donors (Lipinski definition) is 3. The highest BCUT2D eigenvalue weighted by molar-refractivity contribution is 7.93. The zero-order chi connectivity index (χ0) is 52.2. The first-order valence-electron chi connectivity index (χ1n) is 24.3. The van der Waals surface area contributed by atoms with Crippen LogP contribution < -0.4 is 24.4 Å². The largest absolute Gasteiger partial charge is 0.497 e. The molecule has 384 valence electrons. The number of ether oxygens (including phenoxy) is 3. The first-order chi connectivity index (χ1) is 34.4. The molecule has 3 aromatic carbocycles. The van der Waals surface area contributed by atoms with Crippen molar-refractivity contribution in [2.45, 2.75) is 73.0 Å². The Morgan fingerprint density at radius 2 is 1.61 bits per heavy atom. The van der Waals surface area contributed by atoms with Crippen LogP contribution >= 0.6 is 0 Å². The Hall–Kier alpha value is -6.53. The van der Waals surface area contributed by atoms with Gasteiger partial charge in [-0.3, -0.25) is 9.35 Å². The third-order valence-corrected chi connectivity index (χ3v) is 15.0. The lowest BCUT2D eigenvalue weighted by Gasteiger charge is -2.38. The summed E-state index contributed by atoms with van der Waals surface area (Å²) in [6, 6.07) is 18.5. The van der Waals surface area contributed by atoms with Gasteiger partial charge in [0.15, 0.2) is 5.75 Å². The number of halogens is 1. The SMILES string of the molecule is C=C(C(=CC(=C)S(=O)(=O)NCCCCCCNc1ccc(OC)cc1CN(C(C)=O)c1cc(F)ccc1Oc1ccccc1)S(=O)(=O)O)C1=C2C=CC(=[N+](CC)CC)C=C2OC2C=C(N(CC)CC)C=CC12. The summed E-state index contributed by atoms with van der Waals surface area (Å²) in [5.74, 6) is 0.563. The molecule has 3 aliphatic rings. The Morgan fingerprint density at radius 1 is 0.903 bits per heavy atom. The number of benzene rings is 3. The molecule has 3 aromatic rings. The molecule has 14 nitrogen and oxygen atoms in total. The summed E-state index contributed by atoms with van der Waals surface area (Å²) < 4.78 is 102. The van der Waals surface area contributed by atoms with Gasteiger partial charge in [0.2, 0.25) is 21.6 Å². The quantitative estimate of drug-likeness (QED) is 0.0320. The van der Waals surface area contributed by atoms with Crippen molar-refractivity contribution >= 4 is 43.1 Å². The molecule has 3 N–H and O–H groups in total. The van der Waals surface area contributed by atoms with Gasteiger partial charge in [0, 0.05) is 68.1 Å². The number of carbonyl (C=O) groups is 1. The summed E-state index contributed by atoms with van der Waals surface area (Å²) in [6.45, 7) is 21.2. The molecule has 0 aromatic heterocycles. The van der Waals surface area contributed by atoms with Crippen LogP contribution in [0.1, 0.15) is 65.9 Å². The highest BCUT2D eigenvalue weighted by Gasteiger charge is 2.39. The van der Waals surface area contributed by atoms with E-state index in [4.69, 9.17) is 14.2 Å². The summed E-state index contributed by atoms with van der Waals surface area (Å²) in [5, 5.41) is 3.44. The van der Waals surface area contributed by atoms with Gasteiger partial charge in [-0.25, -0.2) is 22.1 Å². The van der Waals surface area contributed by atoms with E-state index in [0.717, 1.165) is 67.8 Å². The standard InChI is InChI=1S/C55H66FN5O9S2/c1-9-59(10-2)43-23-26-47-52(35-43)70-53-36-44(60(11-3)12-4)24-27-48(53)55(47)39(6)54(72(65,66)67)32-38(5)71(63,64)58-31-19-14-13-18-30-57-49-28-25-46(68-8)33-41(49)37-61(40(7)62)50-34-42(56)22-29-51(50)69-45-20-16-15-17-21-45/h15-17,20-29,32-36,47,52,57-58H,5-6,9-14,18-19,30-31,37H2,1-4,7-8H3/p+1. The lowest BCUT2D eigenvalue weighted by molar-refractivity contribution is -0.519. The second-order valence-corrected chi connectivity index (χ2v) is 20.5. The number of anilines is 2. The Labute approximate surface area is 424 Å². The van der Waals surface area contributed by atoms with E-state index in [9.17, 15) is 30.6 Å². The number of unbranched alkanes of at least 4 members (excludes halogenated alkanes) is 3. The van der Waals surface area contributed by atoms with E-state index in [0.29, 0.717) is 53.5 Å². The molecule has 0 fully saturated rings. The average molecular weight is 1030 g/mol. The van der Waals surface area contributed by atoms with E-state index in [1.807, 2.05) is 66.8 Å². The van der Waals surface area contributed by atoms with Crippen molar-refractivity contribution in [2.75, 3.05) is 56.6 Å². The summed E-state index contributed by atoms with van der Waals surface area (Å²) >= 11 is 0. The second-order valence-electron chi connectivity index (χ2n) is 17.3. The molecule has 0 saturated heterocycles. The van der Waals surface area contributed by atoms with Gasteiger partial charge in [0.05, 0.1) is 30.3 Å². The summed E-state index contributed by atoms with van der Waals surface area (Å²) in [4.78, 5) is 15.5. The van der Waals surface area contributed by atoms with Crippen LogP contribution in [0.3, 0.4) is 0 Å². The zero-order valence-electron chi connectivity index (χ0n) is 42.0. The first kappa shape index (κ1) is 54.8. The molecule has 1 heterocycles. The van der Waals surface area contributed by atoms with Crippen molar-refractivity contribution in [3.05, 3.63) is 172 Å². The molecule has 0 radical (unpaired) electrons. The number of nitrogens with zero attached hydrogens (tertiary/aromatic N) is 3. The predicted molar refractivity (Wildman–Crippen MR) is 284 cm³/mol. The van der Waals surface area contributed by atoms with Gasteiger partial charge in [0.1, 0.15) is 47.2 Å². The Morgan fingerprint density at radius 3 is 2.26 bits per heavy atom. The fourth-order valence-electron chi connectivity index (χ4n) is 8.85. The number of allylic oxidation sites excluding steroid dienone is 6. The normalized spacial score (nSPS) is 16.4. The number of para-hydroxylation sites is 1. The maximum Gasteiger partial charge on any atom is 0.295 e. The Kier molecular flexibility index (Phi) is 18.8. The molecule has 2 atom stereocenters. The van der Waals surface area contributed by atoms with E-state index in [2.05, 4.69) is 60.4 Å². The number of fused-ring (bicyclic) bond motifs is 2. The maximum atomic E-state index is 14.7. The van der Waals surface area contributed by atoms with Crippen LogP contribution in [0.25, 0.3) is 0 Å². The molecule has 2 unspecified atom stereocenters. The van der Waals surface area contributed by atoms with Gasteiger partial charge in [-0.1, -0.05) is 50.3 Å². The number of nitrogens with one attached hydrogen (secondary N) is 2. The molecule has 1 aliphatic heterocycles. The minimum atomic E-state index is -5.03. The van der Waals surface area contributed by atoms with Crippen LogP contribution in [0.5, 0.6) is 17.2 Å². The monoisotopic (exact) mass is 1020 g/mol. The number of likely N-dealkylation sites (N-methyl/N-ethyl adjacent to an activating group) is 1. The molecule has 1 amide bonds. The number of sulfonamides is 1. The van der Waals surface area contributed by atoms with E-state index >= 15 is 0 Å². The van der Waals surface area contributed by atoms with Gasteiger partial charge in [-0.15, -0.1) is 0 Å². The first-order valence-corrected chi connectivity index (χ1v) is 27.2. The third kappa shape index (κ3) is 13.5. The zero-order valence-corrected chi connectivity index (χ0v) is 43.6. The molecule has 17 heteroatoms. The van der Waals surface area contributed by atoms with Gasteiger partial charge < -0.3 is 29.3 Å². The smallest absolute Gasteiger partial charge is 0.295 e. The highest BCUT2D eigenvalue weighted by atomic mass is 32.2. The van der Waals surface area contributed by atoms with Gasteiger partial charge in [-0.05, 0) is 124 Å². The van der Waals surface area contributed by atoms with Crippen LogP contribution in [0, 0.1) is 11.7 Å². The molecular formula is C55H67FN5O9S2+. The van der Waals surface area contributed by atoms with E-state index in [1.165, 1.54) is 30.0 Å². The average Bonchev–Trinajstić information content (AvgIpc) is 3.36. The van der Waals surface area contributed by atoms with Crippen molar-refractivity contribution < 1.29 is 49.4 Å². The molecule has 72 heavy (non-hydrogen) atoms. The van der Waals surface area contributed by atoms with Crippen LogP contribution in [-0.4, -0.2) is 95.0 Å². The van der Waals surface area contributed by atoms with Crippen molar-refractivity contribution in [2.24, 2.45) is 5.92 Å². The fraction of sp³-hybridized carbons (Fsp3) is 0.345. The Balaban J connectivity index is 1.09. The van der Waals surface area contributed by atoms with Gasteiger partial charge in [0.25, 0.3) is 10.1 Å². The fourth-order valence-corrected chi connectivity index (χ4v) is 10.5. The van der Waals surface area contributed by atoms with Crippen molar-refractivity contribution in [3.8, 4) is 17.2 Å². The van der Waals surface area contributed by atoms with Gasteiger partial charge in [-0.2, -0.15) is 8.42 Å². The lowest BCUT2D eigenvalue weighted by Crippen LogP contribution is -2.35. The van der Waals surface area contributed by atoms with Crippen molar-refractivity contribution in [3.63, 3.8) is 0 Å². The number of carbonyl (C=O) groups excluding carboxylic acids is 1. The highest BCUT2D eigenvalue weighted by Crippen LogP contribution is 2.45. The van der Waals surface area contributed by atoms with E-state index < -0.39 is 47.8 Å². The topological polar surface area (TPSA) is 167 Å². The van der Waals surface area contributed by atoms with Gasteiger partial charge >= 0.3 is 0 Å². The number of rotatable bonds is 25. The number of hydrogen-bond acceptors (Lipinski definition) is 10. The summed E-state index contributed by atoms with van der Waals surface area (Å²) in [5.41, 5.74) is 4.58. The number of amides is 1. The predicted octanol–water partition coefficient (Wildman–Crippen LogP) is 9.97. The molecule has 0 bridgehead atoms. The van der Waals surface area contributed by atoms with E-state index in [1.54, 1.807) is 25.3 Å². The number of methoxy groups -OCH3 is 1. The summed E-state index contributed by atoms with van der Waals surface area (Å²) in [6.07, 6.45) is 14.5. The van der Waals surface area contributed by atoms with E-state index in [-0.39, 0.29) is 30.3 Å². The van der Waals surface area contributed by atoms with Crippen molar-refractivity contribution in [1.29, 1.82) is 0 Å². The van der Waals surface area contributed by atoms with Crippen LogP contribution in [0.2, 0.25) is 0 Å². The molecule has 0 saturated carbocycles. The second kappa shape index (κ2) is 24.7. The third-order valence-electron chi connectivity index (χ3n) is 12.7. The van der Waals surface area contributed by atoms with Crippen LogP contribution in [-0.2, 0) is 36.2 Å². The minimum absolute atomic E-state index is 0.0526. The van der Waals surface area contributed by atoms with Crippen LogP contribution in [0.4, 0.5) is 15.8 Å². The molecule has 2 aliphatic carbocycles. The molecule has 0 spiro atoms. The molecule has 6 rings (SSSR count). The Bertz CT molecular complexity index is 2970. The summed E-state index contributed by atoms with van der Waals surface area (Å²) in [7, 11) is -7.78. The minimum Gasteiger partial charge on any atom is -0.497 e. The van der Waals surface area contributed by atoms with Crippen LogP contribution in [0.15, 0.2) is 160 Å². The lowest BCUT2D eigenvalue weighted by atomic mass is 9.78. The van der Waals surface area contributed by atoms with Crippen molar-refractivity contribution in [1.82, 2.24) is 9.62 Å².